The van der Waals surface area contributed by atoms with Crippen molar-refractivity contribution in [3.63, 3.8) is 0 Å². The molecule has 0 spiro atoms. The smallest absolute Gasteiger partial charge is 0 e. The third-order valence-corrected chi connectivity index (χ3v) is 0. The van der Waals surface area contributed by atoms with Crippen LogP contribution in [0.1, 0.15) is 0 Å². The first-order chi connectivity index (χ1) is 2.45. The Morgan fingerprint density at radius 3 is 0.500 bits per heavy atom. The summed E-state index contributed by atoms with van der Waals surface area (Å²) >= 11 is 20.1. The molecule has 0 atom stereocenters. The molecule has 54 valence electrons. The van der Waals surface area contributed by atoms with Gasteiger partial charge in [0.25, 0.3) is 0 Å². The van der Waals surface area contributed by atoms with E-state index in [2.05, 4.69) is 81.0 Å². The number of hydrogen-bond acceptors (Lipinski definition) is 0. The number of halogens is 6. The van der Waals surface area contributed by atoms with Crippen LogP contribution >= 0.6 is 81.0 Å². The van der Waals surface area contributed by atoms with Crippen LogP contribution in [0.3, 0.4) is 0 Å². The maximum absolute atomic E-state index is 3.35. The Hall–Kier alpha value is 8.44. The van der Waals surface area contributed by atoms with Crippen LogP contribution < -0.4 is 0 Å². The van der Waals surface area contributed by atoms with Gasteiger partial charge in [0.2, 0.25) is 0 Å². The Labute approximate surface area is 227 Å². The third kappa shape index (κ3) is 55.0. The summed E-state index contributed by atoms with van der Waals surface area (Å²) in [5, 5.41) is 0. The summed E-state index contributed by atoms with van der Waals surface area (Å²) in [6.45, 7) is 0. The molecule has 10 heavy (non-hydrogen) atoms. The molecule has 0 N–H and O–H groups in total. The summed E-state index contributed by atoms with van der Waals surface area (Å²) in [6, 6.07) is 0. The van der Waals surface area contributed by atoms with Crippen molar-refractivity contribution in [3.05, 3.63) is 0 Å². The normalized spacial score (nSPS) is 16.2. The van der Waals surface area contributed by atoms with Gasteiger partial charge in [0.05, 0.1) is 0 Å². The first-order valence-electron chi connectivity index (χ1n) is 0.756. The van der Waals surface area contributed by atoms with E-state index >= 15 is 0 Å². The van der Waals surface area contributed by atoms with E-state index in [4.69, 9.17) is 0 Å². The summed E-state index contributed by atoms with van der Waals surface area (Å²) < 4.78 is -3.29. The Balaban J connectivity index is -0.0000000600. The summed E-state index contributed by atoms with van der Waals surface area (Å²) in [5.74, 6) is 0. The Bertz CT molecular complexity index is 71.6. The zero-order valence-electron chi connectivity index (χ0n) is 5.60. The van der Waals surface area contributed by atoms with Crippen molar-refractivity contribution in [2.75, 3.05) is 0 Å². The molecule has 0 nitrogen and oxygen atoms in total. The van der Waals surface area contributed by atoms with E-state index in [-0.39, 0.29) is 154 Å². The van der Waals surface area contributed by atoms with Gasteiger partial charge in [0, 0.05) is 154 Å². The molecule has 0 aromatic heterocycles. The van der Waals surface area contributed by atoms with E-state index in [9.17, 15) is 0 Å². The van der Waals surface area contributed by atoms with E-state index in [1.165, 1.54) is 0 Å². The molecule has 0 unspecified atom stereocenters. The van der Waals surface area contributed by atoms with Gasteiger partial charge < -0.3 is 0 Å². The first-order valence-corrected chi connectivity index (χ1v) is 32.2. The molecule has 0 amide bonds. The average molecular weight is 789 g/mol. The maximum atomic E-state index is 3.35. The molecule has 0 heterocycles. The fourth-order valence-corrected chi connectivity index (χ4v) is 0. The van der Waals surface area contributed by atoms with Crippen LogP contribution in [0.15, 0.2) is 0 Å². The SMILES string of the molecule is [Br][Ir]([Br])([Br])([Br])([Br])[Br].[K].[K].[K]. The van der Waals surface area contributed by atoms with Gasteiger partial charge in [-0.05, 0) is 0 Å². The zero-order valence-corrected chi connectivity index (χ0v) is 26.9. The summed E-state index contributed by atoms with van der Waals surface area (Å²) in [7, 11) is 0. The fourth-order valence-electron chi connectivity index (χ4n) is 0. The zero-order chi connectivity index (χ0) is 6.41. The largest absolute Gasteiger partial charge is 0 e. The molecule has 0 aliphatic carbocycles. The van der Waals surface area contributed by atoms with E-state index < -0.39 is 0.881 Å². The van der Waals surface area contributed by atoms with Crippen LogP contribution in [0.2, 0.25) is 0 Å². The second-order valence-electron chi connectivity index (χ2n) is 0.714. The van der Waals surface area contributed by atoms with Gasteiger partial charge in [-0.1, -0.05) is 0 Å². The Morgan fingerprint density at radius 1 is 0.500 bits per heavy atom. The van der Waals surface area contributed by atoms with Crippen molar-refractivity contribution in [2.45, 2.75) is 0 Å². The van der Waals surface area contributed by atoms with Crippen LogP contribution in [0.25, 0.3) is 0 Å². The van der Waals surface area contributed by atoms with Crippen molar-refractivity contribution >= 4 is 235 Å². The van der Waals surface area contributed by atoms with Gasteiger partial charge in [-0.25, -0.2) is 0 Å². The van der Waals surface area contributed by atoms with E-state index in [0.29, 0.717) is 0 Å². The minimum Gasteiger partial charge on any atom is 0 e. The predicted octanol–water partition coefficient (Wildman–Crippen LogP) is 3.93. The molecule has 10 heteroatoms. The van der Waals surface area contributed by atoms with Gasteiger partial charge >= 0.3 is 81.8 Å². The molecule has 0 aliphatic heterocycles. The van der Waals surface area contributed by atoms with Crippen molar-refractivity contribution in [1.82, 2.24) is 0 Å². The van der Waals surface area contributed by atoms with Crippen LogP contribution in [0, 0.1) is 0 Å². The van der Waals surface area contributed by atoms with Crippen LogP contribution in [0.5, 0.6) is 0 Å². The standard InChI is InChI=1S/6BrH.Ir.3K/h6*1H;;;;/q;;;;;;+6;;;/p-6. The molecule has 0 saturated carbocycles. The molecule has 0 aromatic rings. The molecule has 3 radical (unpaired) electrons. The van der Waals surface area contributed by atoms with Crippen molar-refractivity contribution in [2.24, 2.45) is 0 Å². The number of hydrogen-bond donors (Lipinski definition) is 0. The summed E-state index contributed by atoms with van der Waals surface area (Å²) in [4.78, 5) is 0. The minimum absolute atomic E-state index is 0. The van der Waals surface area contributed by atoms with Gasteiger partial charge in [-0.2, -0.15) is 0 Å². The van der Waals surface area contributed by atoms with Crippen LogP contribution in [0.4, 0.5) is 0 Å². The molecule has 0 aromatic carbocycles. The molecule has 0 rings (SSSR count). The predicted molar refractivity (Wildman–Crippen MR) is 70.8 cm³/mol. The summed E-state index contributed by atoms with van der Waals surface area (Å²) in [6.07, 6.45) is 0. The second kappa shape index (κ2) is 8.58. The monoisotopic (exact) mass is 783 g/mol. The van der Waals surface area contributed by atoms with Crippen LogP contribution in [-0.2, 0) is 0.881 Å². The average Bonchev–Trinajstić information content (AvgIpc) is 0.592. The van der Waals surface area contributed by atoms with Crippen molar-refractivity contribution in [3.8, 4) is 0 Å². The van der Waals surface area contributed by atoms with Gasteiger partial charge in [-0.15, -0.1) is 0 Å². The van der Waals surface area contributed by atoms with E-state index in [0.717, 1.165) is 0 Å². The third-order valence-electron chi connectivity index (χ3n) is 0. The molecule has 0 fully saturated rings. The molecule has 0 aliphatic rings. The maximum Gasteiger partial charge on any atom is 0 e. The van der Waals surface area contributed by atoms with Crippen LogP contribution in [-0.4, -0.2) is 154 Å². The molecule has 0 saturated heterocycles. The molecular weight excluding hydrogens is 789 g/mol. The quantitative estimate of drug-likeness (QED) is 0.327. The summed E-state index contributed by atoms with van der Waals surface area (Å²) in [5.41, 5.74) is 0. The van der Waals surface area contributed by atoms with Crippen molar-refractivity contribution in [1.29, 1.82) is 0 Å². The Kier molecular flexibility index (Phi) is 23.1. The first kappa shape index (κ1) is 26.9. The van der Waals surface area contributed by atoms with Gasteiger partial charge in [0.15, 0.2) is 0 Å². The molecule has 0 bridgehead atoms. The minimum atomic E-state index is -3.29. The van der Waals surface area contributed by atoms with E-state index in [1.54, 1.807) is 0 Å². The topological polar surface area (TPSA) is 0 Å². The molecular formula is Br6IrK3. The van der Waals surface area contributed by atoms with Gasteiger partial charge in [0.1, 0.15) is 0 Å². The fraction of sp³-hybridized carbons (Fsp3) is 0. The van der Waals surface area contributed by atoms with E-state index in [1.807, 2.05) is 0 Å². The Morgan fingerprint density at radius 2 is 0.500 bits per heavy atom. The van der Waals surface area contributed by atoms with Crippen molar-refractivity contribution < 1.29 is 0.881 Å². The second-order valence-corrected chi connectivity index (χ2v) is 158. The van der Waals surface area contributed by atoms with Gasteiger partial charge in [-0.3, -0.25) is 0 Å². The number of rotatable bonds is 0.